The number of aromatic nitrogens is 2. The Kier molecular flexibility index (Phi) is 5.29. The molecule has 0 spiro atoms. The smallest absolute Gasteiger partial charge is 0.225 e. The van der Waals surface area contributed by atoms with E-state index in [0.29, 0.717) is 0 Å². The molecule has 1 aromatic heterocycles. The predicted octanol–water partition coefficient (Wildman–Crippen LogP) is 0.549. The second-order valence-corrected chi connectivity index (χ2v) is 5.05. The molecule has 1 aromatic rings. The van der Waals surface area contributed by atoms with Crippen molar-refractivity contribution in [3.05, 3.63) is 18.0 Å². The van der Waals surface area contributed by atoms with Crippen LogP contribution in [0.3, 0.4) is 0 Å². The molecule has 2 rings (SSSR count). The van der Waals surface area contributed by atoms with E-state index in [9.17, 15) is 4.79 Å². The molecule has 0 saturated carbocycles. The molecule has 0 radical (unpaired) electrons. The van der Waals surface area contributed by atoms with Gasteiger partial charge in [-0.2, -0.15) is 0 Å². The number of carbonyl (C=O) groups excluding carboxylic acids is 1. The molecule has 0 atom stereocenters. The van der Waals surface area contributed by atoms with E-state index in [1.165, 1.54) is 0 Å². The van der Waals surface area contributed by atoms with Crippen LogP contribution in [0, 0.1) is 5.92 Å². The van der Waals surface area contributed by atoms with Crippen LogP contribution in [0.2, 0.25) is 0 Å². The highest BCUT2D eigenvalue weighted by molar-refractivity contribution is 5.78. The first-order valence-corrected chi connectivity index (χ1v) is 7.22. The van der Waals surface area contributed by atoms with E-state index in [2.05, 4.69) is 32.4 Å². The SMILES string of the molecule is CCNCc1cnc(N2CCC(C(=O)NC)CC2)nc1. The van der Waals surface area contributed by atoms with Crippen LogP contribution in [0.5, 0.6) is 0 Å². The molecule has 110 valence electrons. The van der Waals surface area contributed by atoms with Gasteiger partial charge in [-0.25, -0.2) is 9.97 Å². The van der Waals surface area contributed by atoms with E-state index in [0.717, 1.165) is 50.5 Å². The van der Waals surface area contributed by atoms with E-state index < -0.39 is 0 Å². The Morgan fingerprint density at radius 3 is 2.55 bits per heavy atom. The van der Waals surface area contributed by atoms with Crippen LogP contribution in [-0.2, 0) is 11.3 Å². The number of piperidine rings is 1. The summed E-state index contributed by atoms with van der Waals surface area (Å²) in [6.45, 7) is 5.49. The van der Waals surface area contributed by atoms with E-state index in [1.807, 2.05) is 12.4 Å². The van der Waals surface area contributed by atoms with Gasteiger partial charge in [-0.15, -0.1) is 0 Å². The zero-order chi connectivity index (χ0) is 14.4. The summed E-state index contributed by atoms with van der Waals surface area (Å²) in [7, 11) is 1.70. The first kappa shape index (κ1) is 14.7. The molecular weight excluding hydrogens is 254 g/mol. The van der Waals surface area contributed by atoms with E-state index in [-0.39, 0.29) is 11.8 Å². The number of amides is 1. The lowest BCUT2D eigenvalue weighted by molar-refractivity contribution is -0.125. The highest BCUT2D eigenvalue weighted by Crippen LogP contribution is 2.20. The number of nitrogens with one attached hydrogen (secondary N) is 2. The molecule has 1 fully saturated rings. The number of carbonyl (C=O) groups is 1. The van der Waals surface area contributed by atoms with Crippen molar-refractivity contribution in [2.45, 2.75) is 26.3 Å². The minimum Gasteiger partial charge on any atom is -0.359 e. The largest absolute Gasteiger partial charge is 0.359 e. The summed E-state index contributed by atoms with van der Waals surface area (Å²) < 4.78 is 0. The molecule has 0 aromatic carbocycles. The second kappa shape index (κ2) is 7.19. The molecule has 1 saturated heterocycles. The van der Waals surface area contributed by atoms with Crippen molar-refractivity contribution in [2.24, 2.45) is 5.92 Å². The highest BCUT2D eigenvalue weighted by Gasteiger charge is 2.25. The van der Waals surface area contributed by atoms with Crippen molar-refractivity contribution >= 4 is 11.9 Å². The average Bonchev–Trinajstić information content (AvgIpc) is 2.53. The van der Waals surface area contributed by atoms with Gasteiger partial charge in [0.1, 0.15) is 0 Å². The molecule has 0 unspecified atom stereocenters. The lowest BCUT2D eigenvalue weighted by Gasteiger charge is -2.31. The minimum absolute atomic E-state index is 0.129. The standard InChI is InChI=1S/C14H23N5O/c1-3-16-8-11-9-17-14(18-10-11)19-6-4-12(5-7-19)13(20)15-2/h9-10,12,16H,3-8H2,1-2H3,(H,15,20). The molecule has 1 aliphatic heterocycles. The minimum atomic E-state index is 0.129. The van der Waals surface area contributed by atoms with Crippen LogP contribution in [0.25, 0.3) is 0 Å². The Morgan fingerprint density at radius 2 is 2.00 bits per heavy atom. The summed E-state index contributed by atoms with van der Waals surface area (Å²) in [4.78, 5) is 22.6. The molecule has 0 aliphatic carbocycles. The lowest BCUT2D eigenvalue weighted by Crippen LogP contribution is -2.40. The van der Waals surface area contributed by atoms with Gasteiger partial charge in [-0.05, 0) is 19.4 Å². The summed E-state index contributed by atoms with van der Waals surface area (Å²) in [5, 5.41) is 5.97. The van der Waals surface area contributed by atoms with Gasteiger partial charge in [0.05, 0.1) is 0 Å². The molecular formula is C14H23N5O. The molecule has 0 bridgehead atoms. The van der Waals surface area contributed by atoms with Crippen molar-refractivity contribution in [3.63, 3.8) is 0 Å². The van der Waals surface area contributed by atoms with Gasteiger partial charge >= 0.3 is 0 Å². The van der Waals surface area contributed by atoms with Gasteiger partial charge in [0.25, 0.3) is 0 Å². The average molecular weight is 277 g/mol. The maximum absolute atomic E-state index is 11.6. The Balaban J connectivity index is 1.88. The molecule has 2 heterocycles. The predicted molar refractivity (Wildman–Crippen MR) is 78.4 cm³/mol. The lowest BCUT2D eigenvalue weighted by atomic mass is 9.96. The summed E-state index contributed by atoms with van der Waals surface area (Å²) in [6.07, 6.45) is 5.47. The van der Waals surface area contributed by atoms with Gasteiger partial charge in [0, 0.05) is 50.6 Å². The first-order chi connectivity index (χ1) is 9.74. The highest BCUT2D eigenvalue weighted by atomic mass is 16.1. The third-order valence-corrected chi connectivity index (χ3v) is 3.67. The van der Waals surface area contributed by atoms with Gasteiger partial charge in [0.2, 0.25) is 11.9 Å². The van der Waals surface area contributed by atoms with Crippen molar-refractivity contribution in [1.29, 1.82) is 0 Å². The van der Waals surface area contributed by atoms with Gasteiger partial charge in [-0.3, -0.25) is 4.79 Å². The van der Waals surface area contributed by atoms with Crippen LogP contribution in [0.15, 0.2) is 12.4 Å². The van der Waals surface area contributed by atoms with Crippen LogP contribution < -0.4 is 15.5 Å². The molecule has 2 N–H and O–H groups in total. The van der Waals surface area contributed by atoms with Crippen LogP contribution in [-0.4, -0.2) is 42.6 Å². The van der Waals surface area contributed by atoms with Crippen molar-refractivity contribution in [2.75, 3.05) is 31.6 Å². The maximum Gasteiger partial charge on any atom is 0.225 e. The third kappa shape index (κ3) is 3.66. The number of rotatable bonds is 5. The van der Waals surface area contributed by atoms with E-state index in [4.69, 9.17) is 0 Å². The molecule has 1 amide bonds. The van der Waals surface area contributed by atoms with Crippen LogP contribution in [0.1, 0.15) is 25.3 Å². The van der Waals surface area contributed by atoms with E-state index >= 15 is 0 Å². The summed E-state index contributed by atoms with van der Waals surface area (Å²) in [5.74, 6) is 1.04. The number of hydrogen-bond acceptors (Lipinski definition) is 5. The summed E-state index contributed by atoms with van der Waals surface area (Å²) in [5.41, 5.74) is 1.09. The zero-order valence-corrected chi connectivity index (χ0v) is 12.2. The fourth-order valence-corrected chi connectivity index (χ4v) is 2.42. The normalized spacial score (nSPS) is 16.2. The Hall–Kier alpha value is -1.69. The molecule has 20 heavy (non-hydrogen) atoms. The maximum atomic E-state index is 11.6. The third-order valence-electron chi connectivity index (χ3n) is 3.67. The van der Waals surface area contributed by atoms with Crippen LogP contribution >= 0.6 is 0 Å². The Labute approximate surface area is 120 Å². The van der Waals surface area contributed by atoms with Crippen molar-refractivity contribution < 1.29 is 4.79 Å². The number of anilines is 1. The van der Waals surface area contributed by atoms with Gasteiger partial charge < -0.3 is 15.5 Å². The molecule has 6 nitrogen and oxygen atoms in total. The van der Waals surface area contributed by atoms with E-state index in [1.54, 1.807) is 7.05 Å². The Bertz CT molecular complexity index is 426. The van der Waals surface area contributed by atoms with Crippen LogP contribution in [0.4, 0.5) is 5.95 Å². The van der Waals surface area contributed by atoms with Crippen molar-refractivity contribution in [1.82, 2.24) is 20.6 Å². The molecule has 6 heteroatoms. The first-order valence-electron chi connectivity index (χ1n) is 7.22. The van der Waals surface area contributed by atoms with Gasteiger partial charge in [0.15, 0.2) is 0 Å². The monoisotopic (exact) mass is 277 g/mol. The number of nitrogens with zero attached hydrogens (tertiary/aromatic N) is 3. The summed E-state index contributed by atoms with van der Waals surface area (Å²) in [6, 6.07) is 0. The second-order valence-electron chi connectivity index (χ2n) is 5.05. The molecule has 1 aliphatic rings. The fourth-order valence-electron chi connectivity index (χ4n) is 2.42. The van der Waals surface area contributed by atoms with Gasteiger partial charge in [-0.1, -0.05) is 6.92 Å². The van der Waals surface area contributed by atoms with Crippen molar-refractivity contribution in [3.8, 4) is 0 Å². The zero-order valence-electron chi connectivity index (χ0n) is 12.2. The summed E-state index contributed by atoms with van der Waals surface area (Å²) >= 11 is 0. The number of hydrogen-bond donors (Lipinski definition) is 2. The Morgan fingerprint density at radius 1 is 1.35 bits per heavy atom. The topological polar surface area (TPSA) is 70.2 Å². The fraction of sp³-hybridized carbons (Fsp3) is 0.643. The quantitative estimate of drug-likeness (QED) is 0.822.